The van der Waals surface area contributed by atoms with Crippen molar-refractivity contribution in [2.24, 2.45) is 11.7 Å². The zero-order valence-electron chi connectivity index (χ0n) is 19.7. The quantitative estimate of drug-likeness (QED) is 0.406. The Balaban J connectivity index is 1.57. The highest BCUT2D eigenvalue weighted by molar-refractivity contribution is 7.89. The van der Waals surface area contributed by atoms with Crippen molar-refractivity contribution >= 4 is 27.6 Å². The molecule has 1 aliphatic heterocycles. The number of rotatable bonds is 9. The van der Waals surface area contributed by atoms with Gasteiger partial charge in [-0.3, -0.25) is 4.79 Å². The van der Waals surface area contributed by atoms with Crippen LogP contribution < -0.4 is 11.1 Å². The van der Waals surface area contributed by atoms with Crippen LogP contribution in [0.15, 0.2) is 83.8 Å². The van der Waals surface area contributed by atoms with Gasteiger partial charge in [-0.1, -0.05) is 60.7 Å². The van der Waals surface area contributed by atoms with E-state index in [-0.39, 0.29) is 35.4 Å². The molecule has 0 aromatic heterocycles. The van der Waals surface area contributed by atoms with Crippen molar-refractivity contribution in [2.75, 3.05) is 25.0 Å². The lowest BCUT2D eigenvalue weighted by Gasteiger charge is -2.29. The first kappa shape index (κ1) is 25.4. The molecule has 0 spiro atoms. The number of aromatic carboxylic acids is 1. The molecule has 0 unspecified atom stereocenters. The number of amides is 1. The van der Waals surface area contributed by atoms with Gasteiger partial charge in [0.15, 0.2) is 0 Å². The summed E-state index contributed by atoms with van der Waals surface area (Å²) >= 11 is 0. The highest BCUT2D eigenvalue weighted by Gasteiger charge is 2.32. The molecule has 1 fully saturated rings. The average molecular weight is 508 g/mol. The number of benzene rings is 3. The van der Waals surface area contributed by atoms with Gasteiger partial charge in [-0.25, -0.2) is 13.2 Å². The highest BCUT2D eigenvalue weighted by Crippen LogP contribution is 2.29. The van der Waals surface area contributed by atoms with E-state index in [1.165, 1.54) is 22.5 Å². The van der Waals surface area contributed by atoms with Crippen LogP contribution in [-0.2, 0) is 14.8 Å². The Hall–Kier alpha value is -3.69. The number of piperidine rings is 1. The molecule has 188 valence electrons. The Morgan fingerprint density at radius 1 is 0.944 bits per heavy atom. The van der Waals surface area contributed by atoms with Crippen LogP contribution >= 0.6 is 0 Å². The van der Waals surface area contributed by atoms with E-state index in [1.807, 2.05) is 60.7 Å². The monoisotopic (exact) mass is 507 g/mol. The lowest BCUT2D eigenvalue weighted by molar-refractivity contribution is -0.122. The molecule has 4 rings (SSSR count). The SMILES string of the molecule is NC(=O)C1CCN(S(=O)(=O)c2ccc(NCC(c3ccccc3)c3ccccc3)c(C(=O)O)c2)CC1. The highest BCUT2D eigenvalue weighted by atomic mass is 32.2. The number of primary amides is 1. The average Bonchev–Trinajstić information content (AvgIpc) is 2.90. The Kier molecular flexibility index (Phi) is 7.71. The molecule has 9 heteroatoms. The normalized spacial score (nSPS) is 15.0. The fourth-order valence-electron chi connectivity index (χ4n) is 4.56. The molecule has 0 saturated carbocycles. The Morgan fingerprint density at radius 2 is 1.50 bits per heavy atom. The van der Waals surface area contributed by atoms with Gasteiger partial charge in [0.1, 0.15) is 0 Å². The first-order chi connectivity index (χ1) is 17.3. The second-order valence-corrected chi connectivity index (χ2v) is 10.8. The lowest BCUT2D eigenvalue weighted by atomic mass is 9.91. The summed E-state index contributed by atoms with van der Waals surface area (Å²) in [5.41, 5.74) is 7.71. The van der Waals surface area contributed by atoms with E-state index >= 15 is 0 Å². The molecule has 1 saturated heterocycles. The maximum Gasteiger partial charge on any atom is 0.337 e. The van der Waals surface area contributed by atoms with Crippen molar-refractivity contribution in [1.82, 2.24) is 4.31 Å². The van der Waals surface area contributed by atoms with Crippen molar-refractivity contribution in [3.63, 3.8) is 0 Å². The number of nitrogens with one attached hydrogen (secondary N) is 1. The number of nitrogens with zero attached hydrogens (tertiary/aromatic N) is 1. The largest absolute Gasteiger partial charge is 0.478 e. The van der Waals surface area contributed by atoms with Gasteiger partial charge in [-0.2, -0.15) is 4.31 Å². The van der Waals surface area contributed by atoms with Crippen molar-refractivity contribution in [2.45, 2.75) is 23.7 Å². The van der Waals surface area contributed by atoms with Gasteiger partial charge in [-0.15, -0.1) is 0 Å². The van der Waals surface area contributed by atoms with Crippen LogP contribution in [0.5, 0.6) is 0 Å². The molecule has 4 N–H and O–H groups in total. The smallest absolute Gasteiger partial charge is 0.337 e. The van der Waals surface area contributed by atoms with Gasteiger partial charge in [0, 0.05) is 37.2 Å². The van der Waals surface area contributed by atoms with Gasteiger partial charge in [0.2, 0.25) is 15.9 Å². The van der Waals surface area contributed by atoms with Gasteiger partial charge >= 0.3 is 5.97 Å². The second-order valence-electron chi connectivity index (χ2n) is 8.85. The number of nitrogens with two attached hydrogens (primary N) is 1. The number of carbonyl (C=O) groups excluding carboxylic acids is 1. The number of anilines is 1. The van der Waals surface area contributed by atoms with E-state index in [9.17, 15) is 23.1 Å². The first-order valence-corrected chi connectivity index (χ1v) is 13.2. The van der Waals surface area contributed by atoms with Gasteiger partial charge in [0.25, 0.3) is 0 Å². The van der Waals surface area contributed by atoms with Gasteiger partial charge in [0.05, 0.1) is 10.5 Å². The number of carbonyl (C=O) groups is 2. The topological polar surface area (TPSA) is 130 Å². The molecule has 0 atom stereocenters. The Morgan fingerprint density at radius 3 is 2.00 bits per heavy atom. The fraction of sp³-hybridized carbons (Fsp3) is 0.259. The van der Waals surface area contributed by atoms with Crippen LogP contribution in [0.3, 0.4) is 0 Å². The van der Waals surface area contributed by atoms with Crippen LogP contribution in [0.1, 0.15) is 40.2 Å². The molecule has 0 aliphatic carbocycles. The minimum atomic E-state index is -3.91. The Bertz CT molecular complexity index is 1280. The summed E-state index contributed by atoms with van der Waals surface area (Å²) in [5.74, 6) is -2.04. The third kappa shape index (κ3) is 5.58. The molecule has 1 aliphatic rings. The fourth-order valence-corrected chi connectivity index (χ4v) is 6.05. The summed E-state index contributed by atoms with van der Waals surface area (Å²) < 4.78 is 27.6. The van der Waals surface area contributed by atoms with Crippen molar-refractivity contribution in [3.8, 4) is 0 Å². The van der Waals surface area contributed by atoms with Crippen LogP contribution in [0, 0.1) is 5.92 Å². The first-order valence-electron chi connectivity index (χ1n) is 11.8. The summed E-state index contributed by atoms with van der Waals surface area (Å²) in [6.45, 7) is 0.739. The van der Waals surface area contributed by atoms with Crippen LogP contribution in [-0.4, -0.2) is 49.3 Å². The number of carboxylic acid groups (broad SMARTS) is 1. The minimum absolute atomic E-state index is 0.0380. The maximum atomic E-state index is 13.2. The zero-order valence-corrected chi connectivity index (χ0v) is 20.5. The van der Waals surface area contributed by atoms with Crippen molar-refractivity contribution < 1.29 is 23.1 Å². The molecule has 36 heavy (non-hydrogen) atoms. The predicted molar refractivity (Wildman–Crippen MR) is 137 cm³/mol. The number of hydrogen-bond donors (Lipinski definition) is 3. The molecule has 1 heterocycles. The van der Waals surface area contributed by atoms with Crippen LogP contribution in [0.25, 0.3) is 0 Å². The second kappa shape index (κ2) is 10.9. The molecule has 3 aromatic rings. The summed E-state index contributed by atoms with van der Waals surface area (Å²) in [4.78, 5) is 23.4. The molecule has 0 radical (unpaired) electrons. The Labute approximate surface area is 210 Å². The number of hydrogen-bond acceptors (Lipinski definition) is 5. The number of carboxylic acids is 1. The third-order valence-corrected chi connectivity index (χ3v) is 8.51. The van der Waals surface area contributed by atoms with E-state index in [1.54, 1.807) is 0 Å². The molecular formula is C27H29N3O5S. The van der Waals surface area contributed by atoms with E-state index < -0.39 is 21.9 Å². The van der Waals surface area contributed by atoms with Crippen molar-refractivity contribution in [3.05, 3.63) is 95.6 Å². The van der Waals surface area contributed by atoms with Crippen LogP contribution in [0.4, 0.5) is 5.69 Å². The molecule has 0 bridgehead atoms. The van der Waals surface area contributed by atoms with Crippen LogP contribution in [0.2, 0.25) is 0 Å². The van der Waals surface area contributed by atoms with Crippen molar-refractivity contribution in [1.29, 1.82) is 0 Å². The minimum Gasteiger partial charge on any atom is -0.478 e. The molecule has 8 nitrogen and oxygen atoms in total. The maximum absolute atomic E-state index is 13.2. The zero-order chi connectivity index (χ0) is 25.7. The third-order valence-electron chi connectivity index (χ3n) is 6.62. The van der Waals surface area contributed by atoms with Gasteiger partial charge in [-0.05, 0) is 42.2 Å². The lowest BCUT2D eigenvalue weighted by Crippen LogP contribution is -2.41. The predicted octanol–water partition coefficient (Wildman–Crippen LogP) is 3.51. The van der Waals surface area contributed by atoms with E-state index in [0.29, 0.717) is 25.1 Å². The summed E-state index contributed by atoms with van der Waals surface area (Å²) in [6.07, 6.45) is 0.695. The summed E-state index contributed by atoms with van der Waals surface area (Å²) in [6, 6.07) is 23.9. The summed E-state index contributed by atoms with van der Waals surface area (Å²) in [5, 5.41) is 13.1. The van der Waals surface area contributed by atoms with Gasteiger partial charge < -0.3 is 16.2 Å². The number of sulfonamides is 1. The van der Waals surface area contributed by atoms with E-state index in [2.05, 4.69) is 5.32 Å². The molecule has 1 amide bonds. The van der Waals surface area contributed by atoms with E-state index in [0.717, 1.165) is 11.1 Å². The van der Waals surface area contributed by atoms with E-state index in [4.69, 9.17) is 5.73 Å². The standard InChI is InChI=1S/C27H29N3O5S/c28-26(31)21-13-15-30(16-14-21)36(34,35)22-11-12-25(23(17-22)27(32)33)29-18-24(19-7-3-1-4-8-19)20-9-5-2-6-10-20/h1-12,17,21,24,29H,13-16,18H2,(H2,28,31)(H,32,33). The molecular weight excluding hydrogens is 478 g/mol. The summed E-state index contributed by atoms with van der Waals surface area (Å²) in [7, 11) is -3.91. The molecule has 3 aromatic carbocycles.